The van der Waals surface area contributed by atoms with Crippen LogP contribution in [0.3, 0.4) is 0 Å². The maximum atomic E-state index is 12.7. The van der Waals surface area contributed by atoms with Crippen LogP contribution in [-0.4, -0.2) is 17.9 Å². The van der Waals surface area contributed by atoms with E-state index in [2.05, 4.69) is 5.32 Å². The predicted octanol–water partition coefficient (Wildman–Crippen LogP) is 4.35. The van der Waals surface area contributed by atoms with Crippen LogP contribution in [0, 0.1) is 13.8 Å². The molecular formula is C18H16Cl2N2O2. The second-order valence-corrected chi connectivity index (χ2v) is 6.63. The van der Waals surface area contributed by atoms with Gasteiger partial charge in [0.05, 0.1) is 22.2 Å². The summed E-state index contributed by atoms with van der Waals surface area (Å²) < 4.78 is 0. The third kappa shape index (κ3) is 2.99. The van der Waals surface area contributed by atoms with Crippen LogP contribution < -0.4 is 10.2 Å². The zero-order valence-electron chi connectivity index (χ0n) is 13.3. The normalized spacial score (nSPS) is 17.5. The highest BCUT2D eigenvalue weighted by Crippen LogP contribution is 2.31. The number of amides is 2. The summed E-state index contributed by atoms with van der Waals surface area (Å²) in [6.07, 6.45) is 0.104. The Morgan fingerprint density at radius 2 is 1.83 bits per heavy atom. The highest BCUT2D eigenvalue weighted by atomic mass is 35.5. The van der Waals surface area contributed by atoms with Crippen LogP contribution in [0.4, 0.5) is 11.4 Å². The third-order valence-corrected chi connectivity index (χ3v) is 4.98. The number of hydrogen-bond acceptors (Lipinski definition) is 3. The van der Waals surface area contributed by atoms with Crippen molar-refractivity contribution in [3.63, 3.8) is 0 Å². The zero-order valence-corrected chi connectivity index (χ0v) is 14.8. The van der Waals surface area contributed by atoms with Gasteiger partial charge in [-0.2, -0.15) is 0 Å². The number of anilines is 2. The molecule has 24 heavy (non-hydrogen) atoms. The minimum absolute atomic E-state index is 0.104. The molecule has 1 fully saturated rings. The van der Waals surface area contributed by atoms with Crippen molar-refractivity contribution in [2.75, 3.05) is 10.2 Å². The number of hydrogen-bond donors (Lipinski definition) is 1. The topological polar surface area (TPSA) is 49.4 Å². The van der Waals surface area contributed by atoms with Gasteiger partial charge in [-0.3, -0.25) is 9.59 Å². The first-order chi connectivity index (χ1) is 11.4. The van der Waals surface area contributed by atoms with E-state index in [9.17, 15) is 9.59 Å². The van der Waals surface area contributed by atoms with Crippen molar-refractivity contribution in [1.82, 2.24) is 0 Å². The molecule has 4 nitrogen and oxygen atoms in total. The van der Waals surface area contributed by atoms with Crippen molar-refractivity contribution in [2.24, 2.45) is 0 Å². The molecule has 0 unspecified atom stereocenters. The molecule has 2 aromatic carbocycles. The Balaban J connectivity index is 1.86. The Morgan fingerprint density at radius 1 is 1.08 bits per heavy atom. The average molecular weight is 363 g/mol. The average Bonchev–Trinajstić information content (AvgIpc) is 2.81. The minimum Gasteiger partial charge on any atom is -0.373 e. The quantitative estimate of drug-likeness (QED) is 0.825. The molecule has 0 bridgehead atoms. The molecular weight excluding hydrogens is 347 g/mol. The maximum absolute atomic E-state index is 12.7. The van der Waals surface area contributed by atoms with Gasteiger partial charge in [0.25, 0.3) is 5.91 Å². The van der Waals surface area contributed by atoms with Crippen LogP contribution in [0.5, 0.6) is 0 Å². The zero-order chi connectivity index (χ0) is 17.4. The first-order valence-electron chi connectivity index (χ1n) is 7.53. The van der Waals surface area contributed by atoms with Gasteiger partial charge in [0.2, 0.25) is 5.91 Å². The second kappa shape index (κ2) is 6.46. The summed E-state index contributed by atoms with van der Waals surface area (Å²) in [6.45, 7) is 3.99. The van der Waals surface area contributed by atoms with Crippen molar-refractivity contribution < 1.29 is 9.59 Å². The van der Waals surface area contributed by atoms with Gasteiger partial charge in [-0.05, 0) is 49.2 Å². The summed E-state index contributed by atoms with van der Waals surface area (Å²) in [7, 11) is 0. The second-order valence-electron chi connectivity index (χ2n) is 5.81. The number of benzene rings is 2. The Kier molecular flexibility index (Phi) is 4.52. The van der Waals surface area contributed by atoms with E-state index in [1.54, 1.807) is 12.1 Å². The van der Waals surface area contributed by atoms with Crippen molar-refractivity contribution >= 4 is 46.4 Å². The Morgan fingerprint density at radius 3 is 2.54 bits per heavy atom. The summed E-state index contributed by atoms with van der Waals surface area (Å²) in [5.74, 6) is -0.555. The summed E-state index contributed by atoms with van der Waals surface area (Å²) >= 11 is 11.9. The molecule has 124 valence electrons. The van der Waals surface area contributed by atoms with E-state index in [4.69, 9.17) is 23.2 Å². The molecule has 0 aromatic heterocycles. The molecule has 1 N–H and O–H groups in total. The number of carbonyl (C=O) groups is 2. The number of carbonyl (C=O) groups excluding carboxylic acids is 2. The lowest BCUT2D eigenvalue weighted by Gasteiger charge is -2.18. The fourth-order valence-corrected chi connectivity index (χ4v) is 3.03. The molecule has 0 aliphatic carbocycles. The molecule has 1 aliphatic heterocycles. The summed E-state index contributed by atoms with van der Waals surface area (Å²) in [4.78, 5) is 26.2. The molecule has 0 saturated carbocycles. The van der Waals surface area contributed by atoms with Crippen LogP contribution in [0.2, 0.25) is 10.0 Å². The fourth-order valence-electron chi connectivity index (χ4n) is 2.74. The lowest BCUT2D eigenvalue weighted by Crippen LogP contribution is -2.35. The number of halogens is 2. The molecule has 2 amide bonds. The number of nitrogens with one attached hydrogen (secondary N) is 1. The lowest BCUT2D eigenvalue weighted by molar-refractivity contribution is -0.121. The fraction of sp³-hybridized carbons (Fsp3) is 0.222. The van der Waals surface area contributed by atoms with Crippen molar-refractivity contribution in [1.29, 1.82) is 0 Å². The van der Waals surface area contributed by atoms with Crippen LogP contribution in [0.1, 0.15) is 17.5 Å². The molecule has 1 atom stereocenters. The summed E-state index contributed by atoms with van der Waals surface area (Å²) in [5.41, 5.74) is 3.48. The van der Waals surface area contributed by atoms with Crippen LogP contribution >= 0.6 is 23.2 Å². The van der Waals surface area contributed by atoms with Crippen LogP contribution in [0.15, 0.2) is 36.4 Å². The molecule has 0 radical (unpaired) electrons. The Labute approximate surface area is 150 Å². The van der Waals surface area contributed by atoms with E-state index in [1.807, 2.05) is 32.0 Å². The van der Waals surface area contributed by atoms with E-state index >= 15 is 0 Å². The van der Waals surface area contributed by atoms with Gasteiger partial charge in [-0.1, -0.05) is 35.3 Å². The smallest absolute Gasteiger partial charge is 0.256 e. The Bertz CT molecular complexity index is 836. The van der Waals surface area contributed by atoms with E-state index in [-0.39, 0.29) is 18.2 Å². The molecule has 6 heteroatoms. The van der Waals surface area contributed by atoms with Crippen LogP contribution in [0.25, 0.3) is 0 Å². The first-order valence-corrected chi connectivity index (χ1v) is 8.28. The van der Waals surface area contributed by atoms with Gasteiger partial charge in [0, 0.05) is 5.69 Å². The van der Waals surface area contributed by atoms with E-state index in [1.165, 1.54) is 6.07 Å². The van der Waals surface area contributed by atoms with Gasteiger partial charge in [0.15, 0.2) is 0 Å². The first kappa shape index (κ1) is 16.8. The monoisotopic (exact) mass is 362 g/mol. The SMILES string of the molecule is Cc1cccc(N[C@@H]2CC(=O)N(c3ccc(Cl)c(Cl)c3)C2=O)c1C. The van der Waals surface area contributed by atoms with Gasteiger partial charge in [-0.25, -0.2) is 4.90 Å². The molecule has 1 aliphatic rings. The minimum atomic E-state index is -0.590. The van der Waals surface area contributed by atoms with Crippen LogP contribution in [-0.2, 0) is 9.59 Å². The third-order valence-electron chi connectivity index (χ3n) is 4.24. The molecule has 3 rings (SSSR count). The van der Waals surface area contributed by atoms with E-state index in [0.717, 1.165) is 21.7 Å². The molecule has 2 aromatic rings. The van der Waals surface area contributed by atoms with Gasteiger partial charge >= 0.3 is 0 Å². The number of aryl methyl sites for hydroxylation is 1. The molecule has 0 spiro atoms. The van der Waals surface area contributed by atoms with Crippen molar-refractivity contribution in [3.8, 4) is 0 Å². The van der Waals surface area contributed by atoms with Gasteiger partial charge in [0.1, 0.15) is 6.04 Å². The number of imide groups is 1. The Hall–Kier alpha value is -2.04. The lowest BCUT2D eigenvalue weighted by atomic mass is 10.1. The molecule has 1 saturated heterocycles. The highest BCUT2D eigenvalue weighted by molar-refractivity contribution is 6.42. The van der Waals surface area contributed by atoms with Crippen molar-refractivity contribution in [2.45, 2.75) is 26.3 Å². The van der Waals surface area contributed by atoms with Crippen molar-refractivity contribution in [3.05, 3.63) is 57.6 Å². The number of rotatable bonds is 3. The largest absolute Gasteiger partial charge is 0.373 e. The number of nitrogens with zero attached hydrogens (tertiary/aromatic N) is 1. The summed E-state index contributed by atoms with van der Waals surface area (Å²) in [5, 5.41) is 3.87. The van der Waals surface area contributed by atoms with E-state index < -0.39 is 6.04 Å². The summed E-state index contributed by atoms with van der Waals surface area (Å²) in [6, 6.07) is 9.96. The predicted molar refractivity (Wildman–Crippen MR) is 96.9 cm³/mol. The maximum Gasteiger partial charge on any atom is 0.256 e. The van der Waals surface area contributed by atoms with Gasteiger partial charge < -0.3 is 5.32 Å². The highest BCUT2D eigenvalue weighted by Gasteiger charge is 2.39. The standard InChI is InChI=1S/C18H16Cl2N2O2/c1-10-4-3-5-15(11(10)2)21-16-9-17(23)22(18(16)24)12-6-7-13(19)14(20)8-12/h3-8,16,21H,9H2,1-2H3/t16-/m1/s1. The molecule has 1 heterocycles. The van der Waals surface area contributed by atoms with E-state index in [0.29, 0.717) is 15.7 Å². The van der Waals surface area contributed by atoms with Gasteiger partial charge in [-0.15, -0.1) is 0 Å².